The summed E-state index contributed by atoms with van der Waals surface area (Å²) in [6.07, 6.45) is 4.05. The van der Waals surface area contributed by atoms with Gasteiger partial charge in [0.05, 0.1) is 13.1 Å². The number of carbonyl (C=O) groups is 1. The molecular weight excluding hydrogens is 206 g/mol. The van der Waals surface area contributed by atoms with Gasteiger partial charge in [-0.15, -0.1) is 10.2 Å². The zero-order valence-corrected chi connectivity index (χ0v) is 9.44. The van der Waals surface area contributed by atoms with Crippen molar-refractivity contribution in [3.63, 3.8) is 0 Å². The van der Waals surface area contributed by atoms with Gasteiger partial charge in [-0.2, -0.15) is 0 Å². The molecule has 1 aromatic rings. The van der Waals surface area contributed by atoms with Gasteiger partial charge in [0.15, 0.2) is 5.82 Å². The summed E-state index contributed by atoms with van der Waals surface area (Å²) < 4.78 is 1.91. The van der Waals surface area contributed by atoms with Crippen LogP contribution in [-0.2, 0) is 17.9 Å². The van der Waals surface area contributed by atoms with Crippen molar-refractivity contribution >= 4 is 5.91 Å². The summed E-state index contributed by atoms with van der Waals surface area (Å²) in [5.41, 5.74) is 0. The van der Waals surface area contributed by atoms with Crippen molar-refractivity contribution in [2.75, 3.05) is 6.54 Å². The van der Waals surface area contributed by atoms with Gasteiger partial charge in [0.1, 0.15) is 6.33 Å². The Labute approximate surface area is 94.4 Å². The highest BCUT2D eigenvalue weighted by atomic mass is 16.1. The maximum atomic E-state index is 11.4. The van der Waals surface area contributed by atoms with E-state index in [4.69, 9.17) is 0 Å². The van der Waals surface area contributed by atoms with Gasteiger partial charge in [-0.3, -0.25) is 4.79 Å². The molecule has 1 heterocycles. The Bertz CT molecular complexity index is 358. The second-order valence-corrected chi connectivity index (χ2v) is 3.97. The first-order valence-electron chi connectivity index (χ1n) is 5.66. The number of aryl methyl sites for hydroxylation is 1. The molecule has 0 radical (unpaired) electrons. The van der Waals surface area contributed by atoms with Crippen molar-refractivity contribution in [1.29, 1.82) is 0 Å². The molecule has 1 aromatic heterocycles. The number of hydrogen-bond acceptors (Lipinski definition) is 4. The first-order valence-corrected chi connectivity index (χ1v) is 5.66. The predicted octanol–water partition coefficient (Wildman–Crippen LogP) is -0.334. The third-order valence-electron chi connectivity index (χ3n) is 2.61. The molecule has 2 N–H and O–H groups in total. The molecule has 0 spiro atoms. The number of rotatable bonds is 6. The summed E-state index contributed by atoms with van der Waals surface area (Å²) in [5.74, 6) is 0.805. The Morgan fingerprint density at radius 1 is 1.62 bits per heavy atom. The van der Waals surface area contributed by atoms with E-state index >= 15 is 0 Å². The largest absolute Gasteiger partial charge is 0.348 e. The summed E-state index contributed by atoms with van der Waals surface area (Å²) in [7, 11) is 0. The minimum atomic E-state index is 0.0116. The molecule has 16 heavy (non-hydrogen) atoms. The van der Waals surface area contributed by atoms with Gasteiger partial charge in [-0.05, 0) is 19.8 Å². The van der Waals surface area contributed by atoms with Crippen LogP contribution in [0.4, 0.5) is 0 Å². The van der Waals surface area contributed by atoms with Crippen LogP contribution in [-0.4, -0.2) is 33.3 Å². The van der Waals surface area contributed by atoms with Crippen LogP contribution in [0.3, 0.4) is 0 Å². The molecule has 0 aromatic carbocycles. The third-order valence-corrected chi connectivity index (χ3v) is 2.61. The van der Waals surface area contributed by atoms with E-state index in [1.165, 1.54) is 12.8 Å². The average molecular weight is 223 g/mol. The summed E-state index contributed by atoms with van der Waals surface area (Å²) in [6.45, 7) is 3.67. The number of aromatic nitrogens is 3. The fourth-order valence-electron chi connectivity index (χ4n) is 1.44. The van der Waals surface area contributed by atoms with Gasteiger partial charge in [-0.25, -0.2) is 0 Å². The van der Waals surface area contributed by atoms with Crippen LogP contribution in [0.5, 0.6) is 0 Å². The number of hydrogen-bond donors (Lipinski definition) is 2. The minimum Gasteiger partial charge on any atom is -0.348 e. The standard InChI is InChI=1S/C10H17N5O/c1-2-15-7-13-14-9(15)5-12-10(16)6-11-8-3-4-8/h7-8,11H,2-6H2,1H3,(H,12,16). The summed E-state index contributed by atoms with van der Waals surface area (Å²) in [6, 6.07) is 0.560. The van der Waals surface area contributed by atoms with Crippen molar-refractivity contribution in [3.8, 4) is 0 Å². The summed E-state index contributed by atoms with van der Waals surface area (Å²) >= 11 is 0. The van der Waals surface area contributed by atoms with Gasteiger partial charge in [0.25, 0.3) is 0 Å². The van der Waals surface area contributed by atoms with Crippen molar-refractivity contribution in [1.82, 2.24) is 25.4 Å². The second kappa shape index (κ2) is 5.07. The summed E-state index contributed by atoms with van der Waals surface area (Å²) in [5, 5.41) is 13.7. The molecule has 0 bridgehead atoms. The van der Waals surface area contributed by atoms with Gasteiger partial charge in [0.2, 0.25) is 5.91 Å². The zero-order valence-electron chi connectivity index (χ0n) is 9.44. The van der Waals surface area contributed by atoms with Crippen LogP contribution < -0.4 is 10.6 Å². The van der Waals surface area contributed by atoms with Crippen LogP contribution in [0, 0.1) is 0 Å². The average Bonchev–Trinajstić information content (AvgIpc) is 3.01. The fourth-order valence-corrected chi connectivity index (χ4v) is 1.44. The van der Waals surface area contributed by atoms with E-state index in [0.29, 0.717) is 19.1 Å². The normalized spacial score (nSPS) is 15.1. The first kappa shape index (κ1) is 11.1. The van der Waals surface area contributed by atoms with Crippen LogP contribution >= 0.6 is 0 Å². The molecule has 2 rings (SSSR count). The van der Waals surface area contributed by atoms with E-state index in [2.05, 4.69) is 20.8 Å². The highest BCUT2D eigenvalue weighted by Crippen LogP contribution is 2.17. The lowest BCUT2D eigenvalue weighted by molar-refractivity contribution is -0.120. The number of nitrogens with one attached hydrogen (secondary N) is 2. The van der Waals surface area contributed by atoms with E-state index in [1.54, 1.807) is 6.33 Å². The van der Waals surface area contributed by atoms with Crippen molar-refractivity contribution in [2.45, 2.75) is 38.9 Å². The van der Waals surface area contributed by atoms with Crippen LogP contribution in [0.1, 0.15) is 25.6 Å². The topological polar surface area (TPSA) is 71.8 Å². The third kappa shape index (κ3) is 3.03. The maximum Gasteiger partial charge on any atom is 0.234 e. The minimum absolute atomic E-state index is 0.0116. The smallest absolute Gasteiger partial charge is 0.234 e. The van der Waals surface area contributed by atoms with E-state index in [-0.39, 0.29) is 5.91 Å². The van der Waals surface area contributed by atoms with Crippen molar-refractivity contribution < 1.29 is 4.79 Å². The van der Waals surface area contributed by atoms with E-state index in [1.807, 2.05) is 11.5 Å². The fraction of sp³-hybridized carbons (Fsp3) is 0.700. The molecule has 0 aliphatic heterocycles. The first-order chi connectivity index (χ1) is 7.79. The molecule has 0 atom stereocenters. The Morgan fingerprint density at radius 2 is 2.44 bits per heavy atom. The van der Waals surface area contributed by atoms with Crippen molar-refractivity contribution in [2.24, 2.45) is 0 Å². The molecule has 1 fully saturated rings. The molecule has 1 amide bonds. The van der Waals surface area contributed by atoms with Crippen LogP contribution in [0.25, 0.3) is 0 Å². The van der Waals surface area contributed by atoms with Gasteiger partial charge in [0, 0.05) is 12.6 Å². The highest BCUT2D eigenvalue weighted by Gasteiger charge is 2.21. The quantitative estimate of drug-likeness (QED) is 0.692. The van der Waals surface area contributed by atoms with E-state index in [0.717, 1.165) is 12.4 Å². The maximum absolute atomic E-state index is 11.4. The molecule has 6 nitrogen and oxygen atoms in total. The number of nitrogens with zero attached hydrogens (tertiary/aromatic N) is 3. The van der Waals surface area contributed by atoms with Gasteiger partial charge < -0.3 is 15.2 Å². The molecular formula is C10H17N5O. The Balaban J connectivity index is 1.71. The molecule has 0 saturated heterocycles. The zero-order chi connectivity index (χ0) is 11.4. The molecule has 1 aliphatic rings. The van der Waals surface area contributed by atoms with Crippen LogP contribution in [0.15, 0.2) is 6.33 Å². The SMILES string of the molecule is CCn1cnnc1CNC(=O)CNC1CC1. The van der Waals surface area contributed by atoms with Gasteiger partial charge >= 0.3 is 0 Å². The molecule has 88 valence electrons. The molecule has 0 unspecified atom stereocenters. The van der Waals surface area contributed by atoms with E-state index in [9.17, 15) is 4.79 Å². The lowest BCUT2D eigenvalue weighted by Gasteiger charge is -2.06. The Hall–Kier alpha value is -1.43. The highest BCUT2D eigenvalue weighted by molar-refractivity contribution is 5.77. The van der Waals surface area contributed by atoms with Gasteiger partial charge in [-0.1, -0.05) is 0 Å². The monoisotopic (exact) mass is 223 g/mol. The second-order valence-electron chi connectivity index (χ2n) is 3.97. The Kier molecular flexibility index (Phi) is 3.51. The number of amides is 1. The molecule has 1 aliphatic carbocycles. The van der Waals surface area contributed by atoms with Crippen LogP contribution in [0.2, 0.25) is 0 Å². The lowest BCUT2D eigenvalue weighted by atomic mass is 10.5. The molecule has 6 heteroatoms. The Morgan fingerprint density at radius 3 is 3.12 bits per heavy atom. The lowest BCUT2D eigenvalue weighted by Crippen LogP contribution is -2.35. The summed E-state index contributed by atoms with van der Waals surface area (Å²) in [4.78, 5) is 11.4. The van der Waals surface area contributed by atoms with E-state index < -0.39 is 0 Å². The molecule has 1 saturated carbocycles. The predicted molar refractivity (Wildman–Crippen MR) is 58.6 cm³/mol. The number of carbonyl (C=O) groups excluding carboxylic acids is 1. The van der Waals surface area contributed by atoms with Crippen molar-refractivity contribution in [3.05, 3.63) is 12.2 Å².